The quantitative estimate of drug-likeness (QED) is 0.683. The lowest BCUT2D eigenvalue weighted by Crippen LogP contribution is -2.13. The third kappa shape index (κ3) is 2.88. The molecule has 1 aliphatic rings. The molecule has 0 bridgehead atoms. The van der Waals surface area contributed by atoms with Crippen LogP contribution in [0.15, 0.2) is 42.5 Å². The fraction of sp³-hybridized carbons (Fsp3) is 0.176. The van der Waals surface area contributed by atoms with Crippen molar-refractivity contribution < 1.29 is 9.53 Å². The Balaban J connectivity index is 1.52. The van der Waals surface area contributed by atoms with Crippen LogP contribution in [0.1, 0.15) is 15.9 Å². The summed E-state index contributed by atoms with van der Waals surface area (Å²) in [5.41, 5.74) is 2.45. The van der Waals surface area contributed by atoms with E-state index in [4.69, 9.17) is 16.3 Å². The molecule has 1 aromatic heterocycles. The molecule has 0 amide bonds. The van der Waals surface area contributed by atoms with Crippen molar-refractivity contribution in [1.82, 2.24) is 20.2 Å². The minimum atomic E-state index is -0.0697. The second-order valence-electron chi connectivity index (χ2n) is 5.50. The molecule has 0 spiro atoms. The van der Waals surface area contributed by atoms with Crippen molar-refractivity contribution in [1.29, 1.82) is 0 Å². The summed E-state index contributed by atoms with van der Waals surface area (Å²) in [5.74, 6) is 1.22. The summed E-state index contributed by atoms with van der Waals surface area (Å²) in [6.45, 7) is 0.702. The van der Waals surface area contributed by atoms with E-state index >= 15 is 0 Å². The van der Waals surface area contributed by atoms with Gasteiger partial charge < -0.3 is 4.74 Å². The molecule has 24 heavy (non-hydrogen) atoms. The number of ketones is 1. The molecule has 0 atom stereocenters. The number of benzene rings is 2. The van der Waals surface area contributed by atoms with Crippen LogP contribution < -0.4 is 4.74 Å². The van der Waals surface area contributed by atoms with Crippen molar-refractivity contribution >= 4 is 17.4 Å². The molecular weight excluding hydrogens is 328 g/mol. The Bertz CT molecular complexity index is 922. The molecule has 0 saturated carbocycles. The van der Waals surface area contributed by atoms with Gasteiger partial charge in [-0.15, -0.1) is 10.2 Å². The van der Waals surface area contributed by atoms with Gasteiger partial charge in [-0.3, -0.25) is 4.79 Å². The monoisotopic (exact) mass is 340 g/mol. The maximum absolute atomic E-state index is 12.4. The van der Waals surface area contributed by atoms with Crippen LogP contribution in [0.25, 0.3) is 11.4 Å². The molecule has 1 aliphatic heterocycles. The first-order valence-electron chi connectivity index (χ1n) is 7.52. The third-order valence-corrected chi connectivity index (χ3v) is 4.07. The van der Waals surface area contributed by atoms with Gasteiger partial charge in [0, 0.05) is 22.6 Å². The molecular formula is C17H13ClN4O2. The summed E-state index contributed by atoms with van der Waals surface area (Å²) in [5, 5.41) is 12.8. The summed E-state index contributed by atoms with van der Waals surface area (Å²) < 4.78 is 5.45. The third-order valence-electron chi connectivity index (χ3n) is 3.83. The number of aromatic nitrogens is 4. The van der Waals surface area contributed by atoms with Gasteiger partial charge in [0.05, 0.1) is 6.61 Å². The molecule has 0 radical (unpaired) electrons. The zero-order valence-electron chi connectivity index (χ0n) is 12.6. The van der Waals surface area contributed by atoms with Crippen LogP contribution in [0.2, 0.25) is 5.02 Å². The number of carbonyl (C=O) groups excluding carboxylic acids is 1. The number of Topliss-reactive ketones (excluding diaryl/α,β-unsaturated/α-hetero) is 1. The van der Waals surface area contributed by atoms with Crippen molar-refractivity contribution in [3.05, 3.63) is 58.6 Å². The largest absolute Gasteiger partial charge is 0.493 e. The van der Waals surface area contributed by atoms with Crippen molar-refractivity contribution in [3.8, 4) is 17.1 Å². The molecule has 3 aromatic rings. The standard InChI is InChI=1S/C17H13ClN4O2/c18-14-3-1-2-13(9-14)17-19-21-22(20-17)10-15(23)11-4-5-16-12(8-11)6-7-24-16/h1-5,8-9H,6-7,10H2. The molecule has 120 valence electrons. The number of fused-ring (bicyclic) bond motifs is 1. The Morgan fingerprint density at radius 2 is 2.17 bits per heavy atom. The van der Waals surface area contributed by atoms with Crippen LogP contribution in [0.5, 0.6) is 5.75 Å². The van der Waals surface area contributed by atoms with E-state index in [1.165, 1.54) is 4.80 Å². The second-order valence-corrected chi connectivity index (χ2v) is 5.93. The Morgan fingerprint density at radius 1 is 1.25 bits per heavy atom. The van der Waals surface area contributed by atoms with Gasteiger partial charge in [0.15, 0.2) is 5.78 Å². The van der Waals surface area contributed by atoms with Crippen molar-refractivity contribution in [2.24, 2.45) is 0 Å². The molecule has 0 saturated heterocycles. The van der Waals surface area contributed by atoms with Crippen LogP contribution in [-0.4, -0.2) is 32.6 Å². The summed E-state index contributed by atoms with van der Waals surface area (Å²) >= 11 is 5.97. The van der Waals surface area contributed by atoms with Gasteiger partial charge in [0.1, 0.15) is 12.3 Å². The van der Waals surface area contributed by atoms with Gasteiger partial charge in [0.2, 0.25) is 5.82 Å². The molecule has 0 aliphatic carbocycles. The fourth-order valence-corrected chi connectivity index (χ4v) is 2.82. The summed E-state index contributed by atoms with van der Waals surface area (Å²) in [4.78, 5) is 13.7. The van der Waals surface area contributed by atoms with E-state index < -0.39 is 0 Å². The summed E-state index contributed by atoms with van der Waals surface area (Å²) in [7, 11) is 0. The van der Waals surface area contributed by atoms with Crippen molar-refractivity contribution in [2.45, 2.75) is 13.0 Å². The fourth-order valence-electron chi connectivity index (χ4n) is 2.63. The zero-order valence-corrected chi connectivity index (χ0v) is 13.4. The van der Waals surface area contributed by atoms with E-state index in [0.717, 1.165) is 23.3 Å². The second kappa shape index (κ2) is 6.05. The maximum Gasteiger partial charge on any atom is 0.204 e. The average Bonchev–Trinajstić information content (AvgIpc) is 3.23. The molecule has 0 N–H and O–H groups in total. The lowest BCUT2D eigenvalue weighted by molar-refractivity contribution is 0.0961. The van der Waals surface area contributed by atoms with Gasteiger partial charge in [-0.05, 0) is 41.1 Å². The molecule has 2 aromatic carbocycles. The van der Waals surface area contributed by atoms with Crippen molar-refractivity contribution in [2.75, 3.05) is 6.61 Å². The Labute approximate surface area is 143 Å². The van der Waals surface area contributed by atoms with E-state index in [2.05, 4.69) is 15.4 Å². The van der Waals surface area contributed by atoms with Gasteiger partial charge in [-0.25, -0.2) is 0 Å². The minimum Gasteiger partial charge on any atom is -0.493 e. The van der Waals surface area contributed by atoms with Crippen LogP contribution in [0.4, 0.5) is 0 Å². The Hall–Kier alpha value is -2.73. The highest BCUT2D eigenvalue weighted by molar-refractivity contribution is 6.30. The topological polar surface area (TPSA) is 69.9 Å². The number of rotatable bonds is 4. The van der Waals surface area contributed by atoms with Gasteiger partial charge >= 0.3 is 0 Å². The van der Waals surface area contributed by atoms with Crippen LogP contribution in [0.3, 0.4) is 0 Å². The normalized spacial score (nSPS) is 12.7. The minimum absolute atomic E-state index is 0.0349. The summed E-state index contributed by atoms with van der Waals surface area (Å²) in [6.07, 6.45) is 0.830. The predicted molar refractivity (Wildman–Crippen MR) is 88.2 cm³/mol. The Morgan fingerprint density at radius 3 is 3.04 bits per heavy atom. The van der Waals surface area contributed by atoms with Crippen molar-refractivity contribution in [3.63, 3.8) is 0 Å². The molecule has 6 nitrogen and oxygen atoms in total. The van der Waals surface area contributed by atoms with Gasteiger partial charge in [-0.2, -0.15) is 4.80 Å². The predicted octanol–water partition coefficient (Wildman–Crippen LogP) is 2.81. The van der Waals surface area contributed by atoms with E-state index in [9.17, 15) is 4.79 Å². The van der Waals surface area contributed by atoms with E-state index in [1.807, 2.05) is 24.3 Å². The summed E-state index contributed by atoms with van der Waals surface area (Å²) in [6, 6.07) is 12.7. The number of hydrogen-bond donors (Lipinski definition) is 0. The Kier molecular flexibility index (Phi) is 3.74. The smallest absolute Gasteiger partial charge is 0.204 e. The van der Waals surface area contributed by atoms with E-state index in [1.54, 1.807) is 18.2 Å². The van der Waals surface area contributed by atoms with Crippen LogP contribution >= 0.6 is 11.6 Å². The number of tetrazole rings is 1. The molecule has 4 rings (SSSR count). The molecule has 0 unspecified atom stereocenters. The molecule has 0 fully saturated rings. The van der Waals surface area contributed by atoms with E-state index in [-0.39, 0.29) is 12.3 Å². The number of carbonyl (C=O) groups is 1. The zero-order chi connectivity index (χ0) is 16.5. The van der Waals surface area contributed by atoms with Gasteiger partial charge in [0.25, 0.3) is 0 Å². The average molecular weight is 341 g/mol. The first kappa shape index (κ1) is 14.8. The SMILES string of the molecule is O=C(Cn1nnc(-c2cccc(Cl)c2)n1)c1ccc2c(c1)CCO2. The first-order chi connectivity index (χ1) is 11.7. The first-order valence-corrected chi connectivity index (χ1v) is 7.89. The lowest BCUT2D eigenvalue weighted by atomic mass is 10.1. The number of halogens is 1. The van der Waals surface area contributed by atoms with E-state index in [0.29, 0.717) is 23.0 Å². The van der Waals surface area contributed by atoms with Crippen LogP contribution in [-0.2, 0) is 13.0 Å². The maximum atomic E-state index is 12.4. The molecule has 7 heteroatoms. The highest BCUT2D eigenvalue weighted by Gasteiger charge is 2.16. The highest BCUT2D eigenvalue weighted by atomic mass is 35.5. The molecule has 2 heterocycles. The number of nitrogens with zero attached hydrogens (tertiary/aromatic N) is 4. The number of hydrogen-bond acceptors (Lipinski definition) is 5. The number of ether oxygens (including phenoxy) is 1. The van der Waals surface area contributed by atoms with Gasteiger partial charge in [-0.1, -0.05) is 23.7 Å². The van der Waals surface area contributed by atoms with Crippen LogP contribution in [0, 0.1) is 0 Å². The highest BCUT2D eigenvalue weighted by Crippen LogP contribution is 2.26. The lowest BCUT2D eigenvalue weighted by Gasteiger charge is -2.03.